The molecule has 22 heavy (non-hydrogen) atoms. The highest BCUT2D eigenvalue weighted by atomic mass is 35.5. The summed E-state index contributed by atoms with van der Waals surface area (Å²) in [5.74, 6) is 0. The van der Waals surface area contributed by atoms with Crippen LogP contribution in [0.3, 0.4) is 0 Å². The van der Waals surface area contributed by atoms with Gasteiger partial charge in [-0.05, 0) is 0 Å². The number of H-pyrrole nitrogens is 1. The molecule has 0 unspecified atom stereocenters. The number of nitrogens with one attached hydrogen (secondary N) is 1. The van der Waals surface area contributed by atoms with E-state index in [1.165, 1.54) is 0 Å². The molecule has 0 radical (unpaired) electrons. The third kappa shape index (κ3) is 2.05. The number of benzene rings is 2. The van der Waals surface area contributed by atoms with Crippen LogP contribution >= 0.6 is 11.6 Å². The lowest BCUT2D eigenvalue weighted by atomic mass is 10.1. The molecule has 0 saturated heterocycles. The van der Waals surface area contributed by atoms with E-state index in [1.54, 1.807) is 0 Å². The van der Waals surface area contributed by atoms with E-state index in [-0.39, 0.29) is 0 Å². The number of rotatable bonds is 2. The van der Waals surface area contributed by atoms with E-state index in [2.05, 4.69) is 20.4 Å². The molecule has 2 heterocycles. The van der Waals surface area contributed by atoms with Crippen molar-refractivity contribution in [2.24, 2.45) is 0 Å². The second kappa shape index (κ2) is 5.24. The summed E-state index contributed by atoms with van der Waals surface area (Å²) >= 11 is 6.61. The quantitative estimate of drug-likeness (QED) is 0.599. The van der Waals surface area contributed by atoms with Crippen LogP contribution in [-0.2, 0) is 0 Å². The maximum absolute atomic E-state index is 6.61. The number of fused-ring (bicyclic) bond motifs is 1. The molecular formula is C17H11ClN4. The van der Waals surface area contributed by atoms with Crippen molar-refractivity contribution in [1.82, 2.24) is 20.4 Å². The van der Waals surface area contributed by atoms with Crippen molar-refractivity contribution in [2.45, 2.75) is 0 Å². The fourth-order valence-electron chi connectivity index (χ4n) is 2.46. The van der Waals surface area contributed by atoms with E-state index >= 15 is 0 Å². The molecule has 0 saturated carbocycles. The van der Waals surface area contributed by atoms with Crippen LogP contribution in [0.1, 0.15) is 0 Å². The molecule has 2 aromatic heterocycles. The fourth-order valence-corrected chi connectivity index (χ4v) is 2.79. The molecule has 0 spiro atoms. The van der Waals surface area contributed by atoms with Crippen molar-refractivity contribution in [3.05, 3.63) is 65.7 Å². The molecule has 0 fully saturated rings. The normalized spacial score (nSPS) is 11.0. The lowest BCUT2D eigenvalue weighted by Gasteiger charge is -2.04. The lowest BCUT2D eigenvalue weighted by molar-refractivity contribution is 1.03. The molecule has 4 nitrogen and oxygen atoms in total. The van der Waals surface area contributed by atoms with Crippen molar-refractivity contribution in [1.29, 1.82) is 0 Å². The highest BCUT2D eigenvalue weighted by Gasteiger charge is 2.17. The largest absolute Gasteiger partial charge is 0.259 e. The smallest absolute Gasteiger partial charge is 0.180 e. The maximum atomic E-state index is 6.61. The van der Waals surface area contributed by atoms with Crippen LogP contribution in [0.2, 0.25) is 5.02 Å². The molecule has 0 bridgehead atoms. The molecular weight excluding hydrogens is 296 g/mol. The van der Waals surface area contributed by atoms with Crippen molar-refractivity contribution < 1.29 is 0 Å². The van der Waals surface area contributed by atoms with Crippen LogP contribution < -0.4 is 0 Å². The summed E-state index contributed by atoms with van der Waals surface area (Å²) in [7, 11) is 0. The van der Waals surface area contributed by atoms with Crippen molar-refractivity contribution >= 4 is 22.6 Å². The monoisotopic (exact) mass is 306 g/mol. The van der Waals surface area contributed by atoms with Gasteiger partial charge >= 0.3 is 0 Å². The summed E-state index contributed by atoms with van der Waals surface area (Å²) in [5.41, 5.74) is 3.95. The Morgan fingerprint density at radius 3 is 1.95 bits per heavy atom. The number of hydrogen-bond donors (Lipinski definition) is 1. The molecule has 5 heteroatoms. The van der Waals surface area contributed by atoms with Crippen LogP contribution in [0.25, 0.3) is 33.5 Å². The average Bonchev–Trinajstić information content (AvgIpc) is 3.02. The molecule has 0 atom stereocenters. The van der Waals surface area contributed by atoms with E-state index in [0.29, 0.717) is 16.4 Å². The Hall–Kier alpha value is -2.72. The van der Waals surface area contributed by atoms with Crippen LogP contribution in [0.4, 0.5) is 0 Å². The summed E-state index contributed by atoms with van der Waals surface area (Å²) in [6.45, 7) is 0. The topological polar surface area (TPSA) is 54.5 Å². The Bertz CT molecular complexity index is 933. The zero-order chi connectivity index (χ0) is 14.9. The third-order valence-electron chi connectivity index (χ3n) is 3.52. The first-order chi connectivity index (χ1) is 10.8. The second-order valence-corrected chi connectivity index (χ2v) is 5.27. The van der Waals surface area contributed by atoms with E-state index in [9.17, 15) is 0 Å². The molecule has 106 valence electrons. The van der Waals surface area contributed by atoms with E-state index in [4.69, 9.17) is 11.6 Å². The Morgan fingerprint density at radius 1 is 0.727 bits per heavy atom. The summed E-state index contributed by atoms with van der Waals surface area (Å²) in [5, 5.41) is 17.0. The number of aromatic nitrogens is 4. The van der Waals surface area contributed by atoms with Gasteiger partial charge in [-0.15, -0.1) is 10.2 Å². The molecule has 2 aromatic carbocycles. The summed E-state index contributed by atoms with van der Waals surface area (Å²) < 4.78 is 0. The highest BCUT2D eigenvalue weighted by molar-refractivity contribution is 6.38. The van der Waals surface area contributed by atoms with Crippen LogP contribution in [-0.4, -0.2) is 20.4 Å². The standard InChI is InChI=1S/C17H11ClN4/c18-14-13-15(11-7-3-1-4-8-11)19-21-17(13)22-20-16(14)12-9-5-2-6-10-12/h1-10H,(H,19,21,22). The zero-order valence-electron chi connectivity index (χ0n) is 11.5. The number of aromatic amines is 1. The van der Waals surface area contributed by atoms with Gasteiger partial charge in [0.1, 0.15) is 11.4 Å². The van der Waals surface area contributed by atoms with E-state index < -0.39 is 0 Å². The molecule has 0 aliphatic rings. The minimum Gasteiger partial charge on any atom is -0.259 e. The van der Waals surface area contributed by atoms with E-state index in [1.807, 2.05) is 60.7 Å². The Kier molecular flexibility index (Phi) is 3.09. The van der Waals surface area contributed by atoms with Gasteiger partial charge in [0.15, 0.2) is 5.65 Å². The van der Waals surface area contributed by atoms with Crippen molar-refractivity contribution in [2.75, 3.05) is 0 Å². The van der Waals surface area contributed by atoms with Gasteiger partial charge in [0.25, 0.3) is 0 Å². The number of nitrogens with zero attached hydrogens (tertiary/aromatic N) is 3. The molecule has 4 aromatic rings. The maximum Gasteiger partial charge on any atom is 0.180 e. The Balaban J connectivity index is 1.99. The Labute approximate surface area is 131 Å². The predicted octanol–water partition coefficient (Wildman–Crippen LogP) is 4.34. The van der Waals surface area contributed by atoms with Gasteiger partial charge in [-0.2, -0.15) is 5.10 Å². The minimum absolute atomic E-state index is 0.559. The van der Waals surface area contributed by atoms with Crippen molar-refractivity contribution in [3.63, 3.8) is 0 Å². The number of hydrogen-bond acceptors (Lipinski definition) is 3. The average molecular weight is 307 g/mol. The predicted molar refractivity (Wildman–Crippen MR) is 87.6 cm³/mol. The van der Waals surface area contributed by atoms with Gasteiger partial charge in [-0.3, -0.25) is 5.10 Å². The summed E-state index contributed by atoms with van der Waals surface area (Å²) in [6, 6.07) is 19.7. The van der Waals surface area contributed by atoms with Crippen LogP contribution in [0.15, 0.2) is 60.7 Å². The van der Waals surface area contributed by atoms with Gasteiger partial charge < -0.3 is 0 Å². The van der Waals surface area contributed by atoms with Gasteiger partial charge in [0.05, 0.1) is 10.4 Å². The zero-order valence-corrected chi connectivity index (χ0v) is 12.2. The van der Waals surface area contributed by atoms with Gasteiger partial charge in [-0.25, -0.2) is 0 Å². The van der Waals surface area contributed by atoms with E-state index in [0.717, 1.165) is 22.2 Å². The van der Waals surface area contributed by atoms with Crippen molar-refractivity contribution in [3.8, 4) is 22.5 Å². The SMILES string of the molecule is Clc1c(-c2ccccc2)nnc2[nH]nc(-c3ccccc3)c12. The van der Waals surface area contributed by atoms with Crippen LogP contribution in [0.5, 0.6) is 0 Å². The summed E-state index contributed by atoms with van der Waals surface area (Å²) in [4.78, 5) is 0. The molecule has 0 amide bonds. The molecule has 1 N–H and O–H groups in total. The first-order valence-corrected chi connectivity index (χ1v) is 7.23. The first-order valence-electron chi connectivity index (χ1n) is 6.85. The second-order valence-electron chi connectivity index (χ2n) is 4.89. The lowest BCUT2D eigenvalue weighted by Crippen LogP contribution is -1.91. The van der Waals surface area contributed by atoms with Gasteiger partial charge in [-0.1, -0.05) is 72.3 Å². The fraction of sp³-hybridized carbons (Fsp3) is 0. The molecule has 0 aliphatic heterocycles. The van der Waals surface area contributed by atoms with Crippen LogP contribution in [0, 0.1) is 0 Å². The minimum atomic E-state index is 0.559. The first kappa shape index (κ1) is 13.0. The molecule has 0 aliphatic carbocycles. The number of halogens is 1. The Morgan fingerprint density at radius 2 is 1.32 bits per heavy atom. The third-order valence-corrected chi connectivity index (χ3v) is 3.89. The molecule has 4 rings (SSSR count). The summed E-state index contributed by atoms with van der Waals surface area (Å²) in [6.07, 6.45) is 0. The van der Waals surface area contributed by atoms with Gasteiger partial charge in [0, 0.05) is 11.1 Å². The van der Waals surface area contributed by atoms with Gasteiger partial charge in [0.2, 0.25) is 0 Å². The highest BCUT2D eigenvalue weighted by Crippen LogP contribution is 2.35.